The van der Waals surface area contributed by atoms with E-state index in [0.717, 1.165) is 18.3 Å². The molecule has 0 aliphatic carbocycles. The summed E-state index contributed by atoms with van der Waals surface area (Å²) in [7, 11) is 0. The normalized spacial score (nSPS) is 21.7. The fourth-order valence-electron chi connectivity index (χ4n) is 2.83. The van der Waals surface area contributed by atoms with Crippen LogP contribution in [0.15, 0.2) is 24.3 Å². The minimum absolute atomic E-state index is 0.618. The molecular weight excluding hydrogens is 308 g/mol. The van der Waals surface area contributed by atoms with E-state index in [-0.39, 0.29) is 0 Å². The highest BCUT2D eigenvalue weighted by atomic mass is 32.2. The Morgan fingerprint density at radius 3 is 2.27 bits per heavy atom. The lowest BCUT2D eigenvalue weighted by molar-refractivity contribution is 0.340. The van der Waals surface area contributed by atoms with Crippen molar-refractivity contribution in [2.24, 2.45) is 5.92 Å². The van der Waals surface area contributed by atoms with Crippen molar-refractivity contribution in [3.05, 3.63) is 29.8 Å². The molecule has 1 nitrogen and oxygen atoms in total. The highest BCUT2D eigenvalue weighted by Gasteiger charge is 2.23. The molecule has 124 valence electrons. The highest BCUT2D eigenvalue weighted by Crippen LogP contribution is 2.46. The van der Waals surface area contributed by atoms with Gasteiger partial charge in [-0.1, -0.05) is 51.2 Å². The zero-order valence-electron chi connectivity index (χ0n) is 14.1. The van der Waals surface area contributed by atoms with E-state index >= 15 is 0 Å². The topological polar surface area (TPSA) is 9.23 Å². The third-order valence-electron chi connectivity index (χ3n) is 4.15. The molecule has 0 spiro atoms. The van der Waals surface area contributed by atoms with Gasteiger partial charge in [-0.2, -0.15) is 0 Å². The highest BCUT2D eigenvalue weighted by molar-refractivity contribution is 8.16. The molecule has 1 aromatic rings. The second-order valence-corrected chi connectivity index (χ2v) is 8.64. The quantitative estimate of drug-likeness (QED) is 0.473. The average molecular weight is 339 g/mol. The number of hydrogen-bond donors (Lipinski definition) is 0. The Hall–Kier alpha value is -0.280. The fourth-order valence-corrected chi connectivity index (χ4v) is 5.99. The van der Waals surface area contributed by atoms with Crippen LogP contribution < -0.4 is 4.74 Å². The summed E-state index contributed by atoms with van der Waals surface area (Å²) in [6.45, 7) is 5.06. The van der Waals surface area contributed by atoms with Crippen molar-refractivity contribution in [2.45, 2.75) is 57.0 Å². The van der Waals surface area contributed by atoms with Gasteiger partial charge in [0.2, 0.25) is 0 Å². The van der Waals surface area contributed by atoms with Crippen LogP contribution in [0.5, 0.6) is 5.75 Å². The summed E-state index contributed by atoms with van der Waals surface area (Å²) in [5.74, 6) is 4.58. The Morgan fingerprint density at radius 2 is 1.64 bits per heavy atom. The molecule has 0 aromatic heterocycles. The van der Waals surface area contributed by atoms with Gasteiger partial charge in [-0.25, -0.2) is 0 Å². The molecule has 22 heavy (non-hydrogen) atoms. The molecule has 1 fully saturated rings. The fraction of sp³-hybridized carbons (Fsp3) is 0.684. The lowest BCUT2D eigenvalue weighted by Crippen LogP contribution is -2.14. The van der Waals surface area contributed by atoms with Crippen LogP contribution in [0.25, 0.3) is 0 Å². The first-order valence-electron chi connectivity index (χ1n) is 8.79. The number of unbranched alkanes of at least 4 members (excludes halogenated alkanes) is 4. The van der Waals surface area contributed by atoms with Crippen molar-refractivity contribution in [1.82, 2.24) is 0 Å². The van der Waals surface area contributed by atoms with Crippen molar-refractivity contribution >= 4 is 23.5 Å². The van der Waals surface area contributed by atoms with Crippen LogP contribution in [0.1, 0.15) is 62.5 Å². The summed E-state index contributed by atoms with van der Waals surface area (Å²) in [4.78, 5) is 0. The van der Waals surface area contributed by atoms with Crippen LogP contribution in [0, 0.1) is 5.92 Å². The van der Waals surface area contributed by atoms with E-state index in [1.54, 1.807) is 0 Å². The second kappa shape index (κ2) is 10.5. The van der Waals surface area contributed by atoms with Crippen LogP contribution >= 0.6 is 23.5 Å². The maximum absolute atomic E-state index is 5.52. The van der Waals surface area contributed by atoms with E-state index in [9.17, 15) is 0 Å². The van der Waals surface area contributed by atoms with Crippen LogP contribution in [0.4, 0.5) is 0 Å². The minimum Gasteiger partial charge on any atom is -0.494 e. The smallest absolute Gasteiger partial charge is 0.119 e. The first-order chi connectivity index (χ1) is 10.8. The third kappa shape index (κ3) is 6.08. The monoisotopic (exact) mass is 338 g/mol. The van der Waals surface area contributed by atoms with Crippen molar-refractivity contribution in [3.8, 4) is 5.75 Å². The zero-order chi connectivity index (χ0) is 15.6. The molecule has 2 rings (SSSR count). The van der Waals surface area contributed by atoms with Crippen LogP contribution in [-0.4, -0.2) is 18.1 Å². The van der Waals surface area contributed by atoms with Gasteiger partial charge in [-0.15, -0.1) is 23.5 Å². The Morgan fingerprint density at radius 1 is 0.955 bits per heavy atom. The Balaban J connectivity index is 1.68. The summed E-state index contributed by atoms with van der Waals surface area (Å²) >= 11 is 4.27. The van der Waals surface area contributed by atoms with Gasteiger partial charge >= 0.3 is 0 Å². The van der Waals surface area contributed by atoms with Crippen LogP contribution in [0.2, 0.25) is 0 Å². The molecule has 0 amide bonds. The van der Waals surface area contributed by atoms with E-state index < -0.39 is 0 Å². The molecular formula is C19H30OS2. The molecule has 1 heterocycles. The minimum atomic E-state index is 0.618. The molecule has 0 radical (unpaired) electrons. The van der Waals surface area contributed by atoms with E-state index in [0.29, 0.717) is 4.58 Å². The summed E-state index contributed by atoms with van der Waals surface area (Å²) in [6, 6.07) is 8.70. The lowest BCUT2D eigenvalue weighted by Gasteiger charge is -2.28. The van der Waals surface area contributed by atoms with Crippen molar-refractivity contribution < 1.29 is 4.74 Å². The van der Waals surface area contributed by atoms with Gasteiger partial charge < -0.3 is 4.74 Å². The number of thioether (sulfide) groups is 2. The third-order valence-corrected chi connectivity index (χ3v) is 7.44. The van der Waals surface area contributed by atoms with Crippen molar-refractivity contribution in [3.63, 3.8) is 0 Å². The van der Waals surface area contributed by atoms with Gasteiger partial charge in [0, 0.05) is 0 Å². The summed E-state index contributed by atoms with van der Waals surface area (Å²) < 4.78 is 6.14. The van der Waals surface area contributed by atoms with Crippen molar-refractivity contribution in [2.75, 3.05) is 18.1 Å². The predicted molar refractivity (Wildman–Crippen MR) is 102 cm³/mol. The molecule has 1 aliphatic heterocycles. The van der Waals surface area contributed by atoms with Gasteiger partial charge in [0.15, 0.2) is 0 Å². The molecule has 0 bridgehead atoms. The number of hydrogen-bond acceptors (Lipinski definition) is 3. The first kappa shape index (κ1) is 18.1. The molecule has 0 unspecified atom stereocenters. The van der Waals surface area contributed by atoms with Gasteiger partial charge in [0.1, 0.15) is 5.75 Å². The SMILES string of the molecule is CCCCCCCC1CSC(c2ccc(OCC)cc2)SC1. The lowest BCUT2D eigenvalue weighted by atomic mass is 10.0. The average Bonchev–Trinajstić information content (AvgIpc) is 2.56. The molecule has 1 aromatic carbocycles. The van der Waals surface area contributed by atoms with Gasteiger partial charge in [0.25, 0.3) is 0 Å². The molecule has 0 saturated carbocycles. The Kier molecular flexibility index (Phi) is 8.61. The number of ether oxygens (including phenoxy) is 1. The summed E-state index contributed by atoms with van der Waals surface area (Å²) in [6.07, 6.45) is 8.48. The van der Waals surface area contributed by atoms with Gasteiger partial charge in [0.05, 0.1) is 11.2 Å². The molecule has 3 heteroatoms. The largest absolute Gasteiger partial charge is 0.494 e. The number of benzene rings is 1. The standard InChI is InChI=1S/C19H30OS2/c1-3-5-6-7-8-9-16-14-21-19(22-15-16)17-10-12-18(13-11-17)20-4-2/h10-13,16,19H,3-9,14-15H2,1-2H3. The molecule has 1 aliphatic rings. The Labute approximate surface area is 145 Å². The van der Waals surface area contributed by atoms with Crippen molar-refractivity contribution in [1.29, 1.82) is 0 Å². The maximum Gasteiger partial charge on any atom is 0.119 e. The summed E-state index contributed by atoms with van der Waals surface area (Å²) in [5, 5.41) is 0. The van der Waals surface area contributed by atoms with E-state index in [1.165, 1.54) is 55.6 Å². The van der Waals surface area contributed by atoms with E-state index in [4.69, 9.17) is 4.74 Å². The number of rotatable bonds is 9. The van der Waals surface area contributed by atoms with E-state index in [1.807, 2.05) is 6.92 Å². The Bertz CT molecular complexity index is 396. The predicted octanol–water partition coefficient (Wildman–Crippen LogP) is 6.54. The molecule has 1 saturated heterocycles. The summed E-state index contributed by atoms with van der Waals surface area (Å²) in [5.41, 5.74) is 1.44. The zero-order valence-corrected chi connectivity index (χ0v) is 15.7. The van der Waals surface area contributed by atoms with Crippen LogP contribution in [0.3, 0.4) is 0 Å². The second-order valence-electron chi connectivity index (χ2n) is 6.07. The van der Waals surface area contributed by atoms with Gasteiger partial charge in [-0.05, 0) is 48.5 Å². The van der Waals surface area contributed by atoms with Gasteiger partial charge in [-0.3, -0.25) is 0 Å². The van der Waals surface area contributed by atoms with Crippen LogP contribution in [-0.2, 0) is 0 Å². The first-order valence-corrected chi connectivity index (χ1v) is 10.9. The maximum atomic E-state index is 5.52. The van der Waals surface area contributed by atoms with E-state index in [2.05, 4.69) is 54.7 Å². The molecule has 0 N–H and O–H groups in total. The molecule has 0 atom stereocenters.